The Labute approximate surface area is 142 Å². The average Bonchev–Trinajstić information content (AvgIpc) is 3.27. The van der Waals surface area contributed by atoms with E-state index in [0.29, 0.717) is 43.2 Å². The molecule has 1 fully saturated rings. The van der Waals surface area contributed by atoms with Crippen LogP contribution in [0.3, 0.4) is 0 Å². The van der Waals surface area contributed by atoms with Crippen molar-refractivity contribution in [3.8, 4) is 0 Å². The molecule has 0 bridgehead atoms. The fraction of sp³-hybridized carbons (Fsp3) is 0.375. The van der Waals surface area contributed by atoms with E-state index in [4.69, 9.17) is 4.42 Å². The van der Waals surface area contributed by atoms with Gasteiger partial charge in [0.2, 0.25) is 11.9 Å². The molecular weight excluding hydrogens is 324 g/mol. The van der Waals surface area contributed by atoms with Crippen molar-refractivity contribution in [2.45, 2.75) is 13.0 Å². The van der Waals surface area contributed by atoms with Crippen LogP contribution in [-0.2, 0) is 4.79 Å². The number of carbonyl (C=O) groups excluding carboxylic acids is 1. The van der Waals surface area contributed by atoms with Gasteiger partial charge in [0.05, 0.1) is 5.52 Å². The third-order valence-electron chi connectivity index (χ3n) is 4.56. The smallest absolute Gasteiger partial charge is 0.408 e. The number of benzene rings is 1. The van der Waals surface area contributed by atoms with E-state index in [1.807, 2.05) is 11.0 Å². The zero-order chi connectivity index (χ0) is 17.4. The second-order valence-corrected chi connectivity index (χ2v) is 6.00. The second-order valence-electron chi connectivity index (χ2n) is 6.00. The molecule has 1 unspecified atom stereocenters. The van der Waals surface area contributed by atoms with E-state index in [1.54, 1.807) is 30.0 Å². The quantitative estimate of drug-likeness (QED) is 0.749. The van der Waals surface area contributed by atoms with Crippen molar-refractivity contribution in [3.63, 3.8) is 0 Å². The molecule has 1 aliphatic heterocycles. The van der Waals surface area contributed by atoms with E-state index in [2.05, 4.69) is 15.2 Å². The first-order chi connectivity index (χ1) is 12.1. The Bertz CT molecular complexity index is 936. The highest BCUT2D eigenvalue weighted by atomic mass is 16.4. The highest BCUT2D eigenvalue weighted by molar-refractivity contribution is 5.83. The van der Waals surface area contributed by atoms with E-state index < -0.39 is 11.8 Å². The first kappa shape index (κ1) is 15.4. The molecule has 1 saturated heterocycles. The van der Waals surface area contributed by atoms with Gasteiger partial charge in [-0.1, -0.05) is 12.1 Å². The molecule has 1 atom stereocenters. The van der Waals surface area contributed by atoms with Crippen LogP contribution in [-0.4, -0.2) is 56.7 Å². The van der Waals surface area contributed by atoms with E-state index in [1.165, 1.54) is 10.9 Å². The zero-order valence-electron chi connectivity index (χ0n) is 13.8. The van der Waals surface area contributed by atoms with Crippen LogP contribution in [0.25, 0.3) is 11.1 Å². The Hall–Kier alpha value is -3.10. The summed E-state index contributed by atoms with van der Waals surface area (Å²) in [6.07, 6.45) is 1.46. The number of rotatable bonds is 3. The summed E-state index contributed by atoms with van der Waals surface area (Å²) in [7, 11) is 0. The molecule has 25 heavy (non-hydrogen) atoms. The first-order valence-corrected chi connectivity index (χ1v) is 8.14. The van der Waals surface area contributed by atoms with Gasteiger partial charge in [0.15, 0.2) is 5.58 Å². The number of aromatic nitrogens is 4. The summed E-state index contributed by atoms with van der Waals surface area (Å²) in [5, 5.41) is 6.67. The Morgan fingerprint density at radius 3 is 2.72 bits per heavy atom. The van der Waals surface area contributed by atoms with Crippen LogP contribution in [0.2, 0.25) is 0 Å². The standard InChI is InChI=1S/C16H18N6O3/c1-11(22-12-4-2-3-5-13(12)25-16(22)24)14(23)20-6-8-21(9-7-20)15-17-10-18-19-15/h2-5,10-11H,6-9H2,1H3,(H,17,18,19). The molecule has 0 spiro atoms. The van der Waals surface area contributed by atoms with E-state index in [9.17, 15) is 9.59 Å². The van der Waals surface area contributed by atoms with Crippen LogP contribution in [0.15, 0.2) is 39.8 Å². The lowest BCUT2D eigenvalue weighted by molar-refractivity contribution is -0.134. The van der Waals surface area contributed by atoms with Crippen molar-refractivity contribution in [1.29, 1.82) is 0 Å². The van der Waals surface area contributed by atoms with Gasteiger partial charge in [0, 0.05) is 26.2 Å². The van der Waals surface area contributed by atoms with Gasteiger partial charge in [0.1, 0.15) is 12.4 Å². The molecule has 1 amide bonds. The zero-order valence-corrected chi connectivity index (χ0v) is 13.8. The predicted molar refractivity (Wildman–Crippen MR) is 90.4 cm³/mol. The van der Waals surface area contributed by atoms with Crippen LogP contribution in [0, 0.1) is 0 Å². The number of piperazine rings is 1. The molecule has 9 nitrogen and oxygen atoms in total. The summed E-state index contributed by atoms with van der Waals surface area (Å²) in [5.74, 6) is 0.102. The van der Waals surface area contributed by atoms with Crippen molar-refractivity contribution in [2.75, 3.05) is 31.1 Å². The normalized spacial score (nSPS) is 16.4. The molecule has 3 heterocycles. The minimum Gasteiger partial charge on any atom is -0.408 e. The summed E-state index contributed by atoms with van der Waals surface area (Å²) >= 11 is 0. The molecule has 0 radical (unpaired) electrons. The SMILES string of the molecule is CC(C(=O)N1CCN(c2ncn[nH]2)CC1)n1c(=O)oc2ccccc21. The Kier molecular flexibility index (Phi) is 3.75. The highest BCUT2D eigenvalue weighted by Crippen LogP contribution is 2.19. The Morgan fingerprint density at radius 1 is 1.24 bits per heavy atom. The van der Waals surface area contributed by atoms with E-state index >= 15 is 0 Å². The number of amides is 1. The summed E-state index contributed by atoms with van der Waals surface area (Å²) in [5.41, 5.74) is 1.12. The topological polar surface area (TPSA) is 100 Å². The van der Waals surface area contributed by atoms with Gasteiger partial charge in [-0.3, -0.25) is 9.36 Å². The van der Waals surface area contributed by atoms with Crippen LogP contribution in [0.4, 0.5) is 5.95 Å². The number of nitrogens with zero attached hydrogens (tertiary/aromatic N) is 5. The van der Waals surface area contributed by atoms with Gasteiger partial charge in [-0.25, -0.2) is 9.89 Å². The summed E-state index contributed by atoms with van der Waals surface area (Å²) in [4.78, 5) is 33.0. The maximum Gasteiger partial charge on any atom is 0.420 e. The lowest BCUT2D eigenvalue weighted by Crippen LogP contribution is -2.51. The minimum absolute atomic E-state index is 0.0918. The molecule has 1 aromatic carbocycles. The minimum atomic E-state index is -0.618. The van der Waals surface area contributed by atoms with Crippen LogP contribution in [0.1, 0.15) is 13.0 Å². The molecule has 9 heteroatoms. The summed E-state index contributed by atoms with van der Waals surface area (Å²) < 4.78 is 6.65. The summed E-state index contributed by atoms with van der Waals surface area (Å²) in [6.45, 7) is 4.18. The van der Waals surface area contributed by atoms with Gasteiger partial charge in [0.25, 0.3) is 0 Å². The van der Waals surface area contributed by atoms with Crippen molar-refractivity contribution in [1.82, 2.24) is 24.6 Å². The van der Waals surface area contributed by atoms with Gasteiger partial charge in [-0.15, -0.1) is 0 Å². The Balaban J connectivity index is 1.51. The molecule has 2 aromatic heterocycles. The highest BCUT2D eigenvalue weighted by Gasteiger charge is 2.28. The van der Waals surface area contributed by atoms with Crippen molar-refractivity contribution < 1.29 is 9.21 Å². The summed E-state index contributed by atoms with van der Waals surface area (Å²) in [6, 6.07) is 6.51. The number of para-hydroxylation sites is 2. The molecular formula is C16H18N6O3. The maximum atomic E-state index is 12.9. The number of H-pyrrole nitrogens is 1. The Morgan fingerprint density at radius 2 is 2.00 bits per heavy atom. The van der Waals surface area contributed by atoms with Gasteiger partial charge < -0.3 is 14.2 Å². The predicted octanol–water partition coefficient (Wildman–Crippen LogP) is 0.622. The number of nitrogens with one attached hydrogen (secondary N) is 1. The second kappa shape index (κ2) is 6.08. The number of anilines is 1. The van der Waals surface area contributed by atoms with Gasteiger partial charge in [-0.2, -0.15) is 10.1 Å². The monoisotopic (exact) mass is 342 g/mol. The van der Waals surface area contributed by atoms with Crippen molar-refractivity contribution in [2.24, 2.45) is 0 Å². The lowest BCUT2D eigenvalue weighted by Gasteiger charge is -2.35. The average molecular weight is 342 g/mol. The fourth-order valence-electron chi connectivity index (χ4n) is 3.22. The first-order valence-electron chi connectivity index (χ1n) is 8.14. The molecule has 1 N–H and O–H groups in total. The van der Waals surface area contributed by atoms with Gasteiger partial charge >= 0.3 is 5.76 Å². The molecule has 0 saturated carbocycles. The molecule has 0 aliphatic carbocycles. The van der Waals surface area contributed by atoms with Crippen LogP contribution < -0.4 is 10.7 Å². The van der Waals surface area contributed by atoms with Crippen molar-refractivity contribution in [3.05, 3.63) is 41.1 Å². The van der Waals surface area contributed by atoms with Crippen LogP contribution >= 0.6 is 0 Å². The third kappa shape index (κ3) is 2.67. The molecule has 1 aliphatic rings. The lowest BCUT2D eigenvalue weighted by atomic mass is 10.2. The van der Waals surface area contributed by atoms with Gasteiger partial charge in [-0.05, 0) is 19.1 Å². The maximum absolute atomic E-state index is 12.9. The fourth-order valence-corrected chi connectivity index (χ4v) is 3.22. The van der Waals surface area contributed by atoms with Crippen LogP contribution in [0.5, 0.6) is 0 Å². The number of hydrogen-bond donors (Lipinski definition) is 1. The number of aromatic amines is 1. The largest absolute Gasteiger partial charge is 0.420 e. The molecule has 130 valence electrons. The number of fused-ring (bicyclic) bond motifs is 1. The number of carbonyl (C=O) groups is 1. The van der Waals surface area contributed by atoms with E-state index in [0.717, 1.165) is 0 Å². The number of hydrogen-bond acceptors (Lipinski definition) is 6. The molecule has 3 aromatic rings. The number of oxazole rings is 1. The third-order valence-corrected chi connectivity index (χ3v) is 4.56. The van der Waals surface area contributed by atoms with E-state index in [-0.39, 0.29) is 5.91 Å². The molecule has 4 rings (SSSR count). The van der Waals surface area contributed by atoms with Crippen molar-refractivity contribution >= 4 is 23.0 Å².